The highest BCUT2D eigenvalue weighted by Gasteiger charge is 2.30. The second kappa shape index (κ2) is 14.2. The summed E-state index contributed by atoms with van der Waals surface area (Å²) in [6.45, 7) is 1.36. The van der Waals surface area contributed by atoms with Crippen LogP contribution in [0.2, 0.25) is 0 Å². The van der Waals surface area contributed by atoms with Gasteiger partial charge in [0.1, 0.15) is 18.1 Å². The van der Waals surface area contributed by atoms with Crippen LogP contribution < -0.4 is 33.2 Å². The fourth-order valence-electron chi connectivity index (χ4n) is 2.31. The van der Waals surface area contributed by atoms with E-state index in [9.17, 15) is 33.9 Å². The fourth-order valence-corrected chi connectivity index (χ4v) is 2.78. The molecule has 0 heterocycles. The first kappa shape index (κ1) is 28.1. The van der Waals surface area contributed by atoms with Crippen LogP contribution in [0.15, 0.2) is 0 Å². The number of primary amides is 2. The molecule has 176 valence electrons. The van der Waals surface area contributed by atoms with Gasteiger partial charge in [0.15, 0.2) is 0 Å². The predicted molar refractivity (Wildman–Crippen MR) is 112 cm³/mol. The van der Waals surface area contributed by atoms with Crippen LogP contribution in [-0.2, 0) is 28.8 Å². The van der Waals surface area contributed by atoms with Gasteiger partial charge in [0.05, 0.1) is 12.5 Å². The minimum atomic E-state index is -1.42. The number of carbonyl (C=O) groups excluding carboxylic acids is 5. The number of carboxylic acid groups (broad SMARTS) is 1. The van der Waals surface area contributed by atoms with Gasteiger partial charge in [-0.3, -0.25) is 24.0 Å². The van der Waals surface area contributed by atoms with Crippen molar-refractivity contribution in [3.8, 4) is 0 Å². The van der Waals surface area contributed by atoms with Gasteiger partial charge in [-0.05, 0) is 31.8 Å². The highest BCUT2D eigenvalue weighted by Crippen LogP contribution is 2.05. The summed E-state index contributed by atoms with van der Waals surface area (Å²) >= 11 is 1.39. The third-order valence-electron chi connectivity index (χ3n) is 3.99. The van der Waals surface area contributed by atoms with Crippen LogP contribution >= 0.6 is 11.8 Å². The molecule has 5 amide bonds. The molecule has 0 aromatic rings. The molecular weight excluding hydrogens is 432 g/mol. The monoisotopic (exact) mass is 462 g/mol. The Bertz CT molecular complexity index is 688. The Labute approximate surface area is 183 Å². The third kappa shape index (κ3) is 11.8. The van der Waals surface area contributed by atoms with E-state index in [0.29, 0.717) is 5.75 Å². The van der Waals surface area contributed by atoms with Crippen LogP contribution in [0.1, 0.15) is 32.6 Å². The number of nitrogens with one attached hydrogen (secondary N) is 3. The smallest absolute Gasteiger partial charge is 0.326 e. The summed E-state index contributed by atoms with van der Waals surface area (Å²) in [5, 5.41) is 16.1. The average Bonchev–Trinajstić information content (AvgIpc) is 2.66. The van der Waals surface area contributed by atoms with Crippen molar-refractivity contribution >= 4 is 47.3 Å². The van der Waals surface area contributed by atoms with Crippen LogP contribution in [-0.4, -0.2) is 76.8 Å². The molecule has 14 heteroatoms. The molecule has 0 spiro atoms. The van der Waals surface area contributed by atoms with Crippen molar-refractivity contribution in [2.75, 3.05) is 12.0 Å². The molecule has 0 saturated heterocycles. The van der Waals surface area contributed by atoms with E-state index in [2.05, 4.69) is 16.0 Å². The van der Waals surface area contributed by atoms with E-state index in [1.54, 1.807) is 6.26 Å². The number of nitrogens with two attached hydrogens (primary N) is 3. The Hall–Kier alpha value is -2.87. The highest BCUT2D eigenvalue weighted by atomic mass is 32.2. The van der Waals surface area contributed by atoms with Crippen LogP contribution in [0.5, 0.6) is 0 Å². The highest BCUT2D eigenvalue weighted by molar-refractivity contribution is 7.98. The van der Waals surface area contributed by atoms with Crippen molar-refractivity contribution in [3.05, 3.63) is 0 Å². The molecule has 4 unspecified atom stereocenters. The Kier molecular flexibility index (Phi) is 12.9. The van der Waals surface area contributed by atoms with E-state index in [4.69, 9.17) is 17.2 Å². The number of hydrogen-bond acceptors (Lipinski definition) is 8. The Morgan fingerprint density at radius 3 is 1.81 bits per heavy atom. The summed E-state index contributed by atoms with van der Waals surface area (Å²) in [5.74, 6) is -4.98. The molecule has 0 bridgehead atoms. The van der Waals surface area contributed by atoms with E-state index in [1.807, 2.05) is 0 Å². The van der Waals surface area contributed by atoms with Crippen molar-refractivity contribution in [3.63, 3.8) is 0 Å². The number of aliphatic carboxylic acids is 1. The third-order valence-corrected chi connectivity index (χ3v) is 4.63. The zero-order valence-electron chi connectivity index (χ0n) is 17.4. The lowest BCUT2D eigenvalue weighted by atomic mass is 10.1. The van der Waals surface area contributed by atoms with E-state index < -0.39 is 66.1 Å². The zero-order valence-corrected chi connectivity index (χ0v) is 18.2. The van der Waals surface area contributed by atoms with Crippen LogP contribution in [0.25, 0.3) is 0 Å². The topological polar surface area (TPSA) is 237 Å². The van der Waals surface area contributed by atoms with E-state index >= 15 is 0 Å². The van der Waals surface area contributed by atoms with Crippen molar-refractivity contribution in [1.29, 1.82) is 0 Å². The van der Waals surface area contributed by atoms with Crippen LogP contribution in [0.3, 0.4) is 0 Å². The summed E-state index contributed by atoms with van der Waals surface area (Å²) in [7, 11) is 0. The normalized spacial score (nSPS) is 14.4. The molecule has 31 heavy (non-hydrogen) atoms. The zero-order chi connectivity index (χ0) is 24.1. The lowest BCUT2D eigenvalue weighted by Crippen LogP contribution is -2.57. The second-order valence-corrected chi connectivity index (χ2v) is 7.75. The number of thioether (sulfide) groups is 1. The number of hydrogen-bond donors (Lipinski definition) is 7. The SMILES string of the molecule is CSCCC(NC(=O)C(CCC(N)=O)NC(=O)C(CC(N)=O)NC(=O)C(C)N)C(=O)O. The number of carbonyl (C=O) groups is 6. The average molecular weight is 463 g/mol. The van der Waals surface area contributed by atoms with Gasteiger partial charge in [0, 0.05) is 6.42 Å². The predicted octanol–water partition coefficient (Wildman–Crippen LogP) is -3.23. The summed E-state index contributed by atoms with van der Waals surface area (Å²) in [4.78, 5) is 70.8. The number of amides is 5. The number of rotatable bonds is 15. The van der Waals surface area contributed by atoms with E-state index in [1.165, 1.54) is 18.7 Å². The standard InChI is InChI=1S/C17H30N6O7S/c1-8(18)14(26)23-11(7-13(20)25)16(28)21-9(3-4-12(19)24)15(27)22-10(17(29)30)5-6-31-2/h8-11H,3-7,18H2,1-2H3,(H2,19,24)(H2,20,25)(H,21,28)(H,22,27)(H,23,26)(H,29,30). The maximum atomic E-state index is 12.6. The van der Waals surface area contributed by atoms with Crippen LogP contribution in [0.4, 0.5) is 0 Å². The molecular formula is C17H30N6O7S. The van der Waals surface area contributed by atoms with Crippen molar-refractivity contribution in [2.24, 2.45) is 17.2 Å². The van der Waals surface area contributed by atoms with Crippen LogP contribution in [0, 0.1) is 0 Å². The lowest BCUT2D eigenvalue weighted by Gasteiger charge is -2.24. The molecule has 0 radical (unpaired) electrons. The maximum Gasteiger partial charge on any atom is 0.326 e. The Morgan fingerprint density at radius 1 is 0.839 bits per heavy atom. The molecule has 0 aliphatic heterocycles. The van der Waals surface area contributed by atoms with Gasteiger partial charge in [-0.2, -0.15) is 11.8 Å². The first-order chi connectivity index (χ1) is 14.4. The lowest BCUT2D eigenvalue weighted by molar-refractivity contribution is -0.142. The van der Waals surface area contributed by atoms with Gasteiger partial charge in [0.25, 0.3) is 0 Å². The minimum absolute atomic E-state index is 0.132. The molecule has 0 fully saturated rings. The minimum Gasteiger partial charge on any atom is -0.480 e. The summed E-state index contributed by atoms with van der Waals surface area (Å²) in [6, 6.07) is -4.97. The molecule has 0 aliphatic carbocycles. The summed E-state index contributed by atoms with van der Waals surface area (Å²) in [5.41, 5.74) is 15.6. The van der Waals surface area contributed by atoms with E-state index in [0.717, 1.165) is 0 Å². The molecule has 0 aliphatic rings. The summed E-state index contributed by atoms with van der Waals surface area (Å²) < 4.78 is 0. The van der Waals surface area contributed by atoms with Gasteiger partial charge in [0.2, 0.25) is 29.5 Å². The second-order valence-electron chi connectivity index (χ2n) is 6.77. The largest absolute Gasteiger partial charge is 0.480 e. The van der Waals surface area contributed by atoms with Gasteiger partial charge in [-0.1, -0.05) is 0 Å². The molecule has 10 N–H and O–H groups in total. The summed E-state index contributed by atoms with van der Waals surface area (Å²) in [6.07, 6.45) is 0.819. The molecule has 4 atom stereocenters. The molecule has 0 aromatic heterocycles. The molecule has 0 rings (SSSR count). The van der Waals surface area contributed by atoms with Crippen molar-refractivity contribution in [1.82, 2.24) is 16.0 Å². The van der Waals surface area contributed by atoms with Gasteiger partial charge in [-0.25, -0.2) is 4.79 Å². The quantitative estimate of drug-likeness (QED) is 0.129. The first-order valence-electron chi connectivity index (χ1n) is 9.34. The Morgan fingerprint density at radius 2 is 1.35 bits per heavy atom. The fraction of sp³-hybridized carbons (Fsp3) is 0.647. The first-order valence-corrected chi connectivity index (χ1v) is 10.7. The molecule has 0 saturated carbocycles. The van der Waals surface area contributed by atoms with E-state index in [-0.39, 0.29) is 19.3 Å². The van der Waals surface area contributed by atoms with Gasteiger partial charge >= 0.3 is 5.97 Å². The van der Waals surface area contributed by atoms with Crippen molar-refractivity contribution < 1.29 is 33.9 Å². The molecule has 13 nitrogen and oxygen atoms in total. The van der Waals surface area contributed by atoms with Gasteiger partial charge < -0.3 is 38.3 Å². The van der Waals surface area contributed by atoms with Crippen molar-refractivity contribution in [2.45, 2.75) is 56.8 Å². The number of carboxylic acids is 1. The van der Waals surface area contributed by atoms with Gasteiger partial charge in [-0.15, -0.1) is 0 Å². The Balaban J connectivity index is 5.47. The maximum absolute atomic E-state index is 12.6. The molecule has 0 aromatic carbocycles.